The molecule has 0 saturated heterocycles. The van der Waals surface area contributed by atoms with Crippen LogP contribution in [0.25, 0.3) is 0 Å². The molecule has 0 fully saturated rings. The number of allylic oxidation sites excluding steroid dienone is 2. The van der Waals surface area contributed by atoms with Crippen LogP contribution in [-0.4, -0.2) is 24.5 Å². The number of aliphatic hydroxyl groups excluding tert-OH is 1. The molecule has 0 aromatic rings. The first-order valence-electron chi connectivity index (χ1n) is 3.79. The van der Waals surface area contributed by atoms with Crippen molar-refractivity contribution in [2.24, 2.45) is 5.92 Å². The highest BCUT2D eigenvalue weighted by Gasteiger charge is 2.18. The third-order valence-electron chi connectivity index (χ3n) is 1.81. The molecule has 0 radical (unpaired) electrons. The van der Waals surface area contributed by atoms with E-state index in [0.717, 1.165) is 6.54 Å². The lowest BCUT2D eigenvalue weighted by Crippen LogP contribution is -2.24. The summed E-state index contributed by atoms with van der Waals surface area (Å²) in [6.45, 7) is 0.795. The Kier molecular flexibility index (Phi) is 2.65. The number of aliphatic hydroxyl groups is 1. The van der Waals surface area contributed by atoms with Crippen LogP contribution in [0.2, 0.25) is 0 Å². The SMILES string of the molecule is CNCC1CC(=O)C=C(O)C1. The summed E-state index contributed by atoms with van der Waals surface area (Å²) in [6.07, 6.45) is 2.52. The second kappa shape index (κ2) is 3.53. The number of hydrogen-bond donors (Lipinski definition) is 2. The van der Waals surface area contributed by atoms with E-state index in [9.17, 15) is 4.79 Å². The molecule has 1 unspecified atom stereocenters. The molecular weight excluding hydrogens is 142 g/mol. The van der Waals surface area contributed by atoms with E-state index in [-0.39, 0.29) is 17.5 Å². The van der Waals surface area contributed by atoms with Gasteiger partial charge >= 0.3 is 0 Å². The van der Waals surface area contributed by atoms with Crippen LogP contribution < -0.4 is 5.32 Å². The summed E-state index contributed by atoms with van der Waals surface area (Å²) >= 11 is 0. The van der Waals surface area contributed by atoms with Crippen LogP contribution in [0.5, 0.6) is 0 Å². The van der Waals surface area contributed by atoms with Crippen molar-refractivity contribution >= 4 is 5.78 Å². The van der Waals surface area contributed by atoms with Crippen LogP contribution >= 0.6 is 0 Å². The smallest absolute Gasteiger partial charge is 0.159 e. The minimum atomic E-state index is 0.0361. The van der Waals surface area contributed by atoms with E-state index in [1.807, 2.05) is 7.05 Å². The van der Waals surface area contributed by atoms with E-state index in [2.05, 4.69) is 5.32 Å². The summed E-state index contributed by atoms with van der Waals surface area (Å²) in [5, 5.41) is 12.1. The largest absolute Gasteiger partial charge is 0.512 e. The van der Waals surface area contributed by atoms with Crippen molar-refractivity contribution in [1.82, 2.24) is 5.32 Å². The molecule has 11 heavy (non-hydrogen) atoms. The highest BCUT2D eigenvalue weighted by Crippen LogP contribution is 2.19. The van der Waals surface area contributed by atoms with Crippen LogP contribution in [0.3, 0.4) is 0 Å². The lowest BCUT2D eigenvalue weighted by molar-refractivity contribution is -0.116. The number of rotatable bonds is 2. The predicted molar refractivity (Wildman–Crippen MR) is 42.4 cm³/mol. The fraction of sp³-hybridized carbons (Fsp3) is 0.625. The van der Waals surface area contributed by atoms with Crippen LogP contribution in [0, 0.1) is 5.92 Å². The van der Waals surface area contributed by atoms with E-state index in [0.29, 0.717) is 12.8 Å². The molecule has 1 aliphatic carbocycles. The average molecular weight is 155 g/mol. The van der Waals surface area contributed by atoms with Gasteiger partial charge in [-0.15, -0.1) is 0 Å². The minimum Gasteiger partial charge on any atom is -0.512 e. The molecule has 0 saturated carbocycles. The van der Waals surface area contributed by atoms with Gasteiger partial charge in [-0.2, -0.15) is 0 Å². The highest BCUT2D eigenvalue weighted by atomic mass is 16.3. The molecule has 0 heterocycles. The fourth-order valence-corrected chi connectivity index (χ4v) is 1.39. The maximum atomic E-state index is 10.9. The van der Waals surface area contributed by atoms with Gasteiger partial charge in [-0.1, -0.05) is 0 Å². The maximum absolute atomic E-state index is 10.9. The Morgan fingerprint density at radius 2 is 2.45 bits per heavy atom. The van der Waals surface area contributed by atoms with Gasteiger partial charge in [-0.3, -0.25) is 4.79 Å². The molecule has 1 aliphatic rings. The quantitative estimate of drug-likeness (QED) is 0.614. The molecule has 1 atom stereocenters. The summed E-state index contributed by atoms with van der Waals surface area (Å²) in [6, 6.07) is 0. The zero-order chi connectivity index (χ0) is 8.27. The van der Waals surface area contributed by atoms with Gasteiger partial charge < -0.3 is 10.4 Å². The number of ketones is 1. The minimum absolute atomic E-state index is 0.0361. The molecule has 3 heteroatoms. The average Bonchev–Trinajstić information content (AvgIpc) is 1.85. The molecule has 3 nitrogen and oxygen atoms in total. The van der Waals surface area contributed by atoms with E-state index >= 15 is 0 Å². The summed E-state index contributed by atoms with van der Waals surface area (Å²) in [5.41, 5.74) is 0. The van der Waals surface area contributed by atoms with Crippen LogP contribution in [0.15, 0.2) is 11.8 Å². The van der Waals surface area contributed by atoms with Crippen molar-refractivity contribution in [3.8, 4) is 0 Å². The number of carbonyl (C=O) groups is 1. The number of hydrogen-bond acceptors (Lipinski definition) is 3. The van der Waals surface area contributed by atoms with Gasteiger partial charge in [0.15, 0.2) is 5.78 Å². The number of carbonyl (C=O) groups excluding carboxylic acids is 1. The molecule has 62 valence electrons. The lowest BCUT2D eigenvalue weighted by Gasteiger charge is -2.17. The van der Waals surface area contributed by atoms with Crippen molar-refractivity contribution in [2.45, 2.75) is 12.8 Å². The summed E-state index contributed by atoms with van der Waals surface area (Å²) < 4.78 is 0. The van der Waals surface area contributed by atoms with Crippen molar-refractivity contribution < 1.29 is 9.90 Å². The van der Waals surface area contributed by atoms with Gasteiger partial charge in [0.25, 0.3) is 0 Å². The third kappa shape index (κ3) is 2.35. The van der Waals surface area contributed by atoms with Crippen molar-refractivity contribution in [3.63, 3.8) is 0 Å². The predicted octanol–water partition coefficient (Wildman–Crippen LogP) is 0.627. The van der Waals surface area contributed by atoms with Gasteiger partial charge in [-0.25, -0.2) is 0 Å². The van der Waals surface area contributed by atoms with E-state index in [1.54, 1.807) is 0 Å². The molecule has 0 bridgehead atoms. The Bertz CT molecular complexity index is 187. The Morgan fingerprint density at radius 3 is 3.00 bits per heavy atom. The topological polar surface area (TPSA) is 49.3 Å². The third-order valence-corrected chi connectivity index (χ3v) is 1.81. The fourth-order valence-electron chi connectivity index (χ4n) is 1.39. The first-order chi connectivity index (χ1) is 5.22. The van der Waals surface area contributed by atoms with Gasteiger partial charge in [0.2, 0.25) is 0 Å². The maximum Gasteiger partial charge on any atom is 0.159 e. The van der Waals surface area contributed by atoms with Crippen LogP contribution in [0.1, 0.15) is 12.8 Å². The first-order valence-corrected chi connectivity index (χ1v) is 3.79. The molecule has 2 N–H and O–H groups in total. The molecule has 0 aliphatic heterocycles. The van der Waals surface area contributed by atoms with Gasteiger partial charge in [-0.05, 0) is 19.5 Å². The van der Waals surface area contributed by atoms with Crippen molar-refractivity contribution in [1.29, 1.82) is 0 Å². The van der Waals surface area contributed by atoms with Gasteiger partial charge in [0.05, 0.1) is 5.76 Å². The lowest BCUT2D eigenvalue weighted by atomic mass is 9.92. The second-order valence-corrected chi connectivity index (χ2v) is 2.93. The van der Waals surface area contributed by atoms with E-state index in [1.165, 1.54) is 6.08 Å². The van der Waals surface area contributed by atoms with E-state index < -0.39 is 0 Å². The molecule has 0 spiro atoms. The molecule has 0 aromatic carbocycles. The second-order valence-electron chi connectivity index (χ2n) is 2.93. The molecule has 0 aromatic heterocycles. The summed E-state index contributed by atoms with van der Waals surface area (Å²) in [4.78, 5) is 10.9. The summed E-state index contributed by atoms with van der Waals surface area (Å²) in [5.74, 6) is 0.535. The Balaban J connectivity index is 2.50. The Labute approximate surface area is 66.1 Å². The monoisotopic (exact) mass is 155 g/mol. The molecule has 1 rings (SSSR count). The van der Waals surface area contributed by atoms with Crippen molar-refractivity contribution in [2.75, 3.05) is 13.6 Å². The zero-order valence-electron chi connectivity index (χ0n) is 6.63. The van der Waals surface area contributed by atoms with Crippen molar-refractivity contribution in [3.05, 3.63) is 11.8 Å². The Hall–Kier alpha value is -0.830. The van der Waals surface area contributed by atoms with E-state index in [4.69, 9.17) is 5.11 Å². The molecule has 0 amide bonds. The number of nitrogens with one attached hydrogen (secondary N) is 1. The summed E-state index contributed by atoms with van der Waals surface area (Å²) in [7, 11) is 1.85. The normalized spacial score (nSPS) is 25.0. The highest BCUT2D eigenvalue weighted by molar-refractivity contribution is 5.91. The van der Waals surface area contributed by atoms with Crippen LogP contribution in [-0.2, 0) is 4.79 Å². The molecular formula is C8H13NO2. The standard InChI is InChI=1S/C8H13NO2/c1-9-5-6-2-7(10)4-8(11)3-6/h4,6,9-10H,2-3,5H2,1H3. The zero-order valence-corrected chi connectivity index (χ0v) is 6.63. The Morgan fingerprint density at radius 1 is 1.73 bits per heavy atom. The van der Waals surface area contributed by atoms with Crippen LogP contribution in [0.4, 0.5) is 0 Å². The van der Waals surface area contributed by atoms with Gasteiger partial charge in [0.1, 0.15) is 0 Å². The van der Waals surface area contributed by atoms with Gasteiger partial charge in [0, 0.05) is 18.9 Å². The first kappa shape index (κ1) is 8.27.